The summed E-state index contributed by atoms with van der Waals surface area (Å²) in [5.74, 6) is 0.804. The summed E-state index contributed by atoms with van der Waals surface area (Å²) in [7, 11) is 1.62. The number of amides is 2. The molecule has 0 radical (unpaired) electrons. The van der Waals surface area contributed by atoms with Gasteiger partial charge in [-0.3, -0.25) is 0 Å². The first-order valence-corrected chi connectivity index (χ1v) is 8.05. The predicted octanol–water partition coefficient (Wildman–Crippen LogP) is 2.92. The van der Waals surface area contributed by atoms with Gasteiger partial charge < -0.3 is 20.5 Å². The first kappa shape index (κ1) is 18.1. The highest BCUT2D eigenvalue weighted by Crippen LogP contribution is 2.17. The predicted molar refractivity (Wildman–Crippen MR) is 94.5 cm³/mol. The molecule has 24 heavy (non-hydrogen) atoms. The Morgan fingerprint density at radius 2 is 1.88 bits per heavy atom. The highest BCUT2D eigenvalue weighted by atomic mass is 35.5. The lowest BCUT2D eigenvalue weighted by atomic mass is 10.1. The van der Waals surface area contributed by atoms with E-state index in [4.69, 9.17) is 16.3 Å². The Morgan fingerprint density at radius 3 is 2.58 bits per heavy atom. The number of para-hydroxylation sites is 1. The van der Waals surface area contributed by atoms with Gasteiger partial charge in [0.25, 0.3) is 0 Å². The number of hydrogen-bond acceptors (Lipinski definition) is 3. The number of nitrogens with one attached hydrogen (secondary N) is 2. The van der Waals surface area contributed by atoms with E-state index in [1.54, 1.807) is 31.4 Å². The molecule has 0 saturated carbocycles. The number of carbonyl (C=O) groups is 1. The molecule has 3 N–H and O–H groups in total. The molecule has 1 atom stereocenters. The third kappa shape index (κ3) is 5.44. The molecular formula is C18H21ClN2O3. The van der Waals surface area contributed by atoms with Gasteiger partial charge in [-0.2, -0.15) is 0 Å². The molecule has 2 amide bonds. The van der Waals surface area contributed by atoms with E-state index in [1.807, 2.05) is 24.3 Å². The number of urea groups is 1. The highest BCUT2D eigenvalue weighted by molar-refractivity contribution is 6.30. The molecule has 0 fully saturated rings. The Morgan fingerprint density at radius 1 is 1.17 bits per heavy atom. The Balaban J connectivity index is 1.72. The Bertz CT molecular complexity index is 662. The van der Waals surface area contributed by atoms with Crippen molar-refractivity contribution in [2.75, 3.05) is 20.2 Å². The summed E-state index contributed by atoms with van der Waals surface area (Å²) in [4.78, 5) is 11.8. The van der Waals surface area contributed by atoms with Crippen LogP contribution in [0.25, 0.3) is 0 Å². The van der Waals surface area contributed by atoms with Crippen LogP contribution in [0, 0.1) is 0 Å². The van der Waals surface area contributed by atoms with Crippen LogP contribution < -0.4 is 15.4 Å². The normalized spacial score (nSPS) is 11.6. The summed E-state index contributed by atoms with van der Waals surface area (Å²) >= 11 is 5.80. The van der Waals surface area contributed by atoms with Crippen LogP contribution in [0.1, 0.15) is 17.2 Å². The topological polar surface area (TPSA) is 70.6 Å². The van der Waals surface area contributed by atoms with Crippen molar-refractivity contribution in [3.8, 4) is 5.75 Å². The van der Waals surface area contributed by atoms with Gasteiger partial charge in [0, 0.05) is 18.1 Å². The molecule has 0 aromatic heterocycles. The van der Waals surface area contributed by atoms with Crippen LogP contribution in [0.3, 0.4) is 0 Å². The minimum Gasteiger partial charge on any atom is -0.496 e. The standard InChI is InChI=1S/C18H21ClN2O3/c1-24-17-5-3-2-4-14(17)10-11-20-18(23)21-12-16(22)13-6-8-15(19)9-7-13/h2-9,16,22H,10-12H2,1H3,(H2,20,21,23)/t16-/m0/s1. The summed E-state index contributed by atoms with van der Waals surface area (Å²) in [6, 6.07) is 14.2. The smallest absolute Gasteiger partial charge is 0.314 e. The largest absolute Gasteiger partial charge is 0.496 e. The van der Waals surface area contributed by atoms with Gasteiger partial charge in [0.1, 0.15) is 5.75 Å². The molecule has 0 aliphatic rings. The number of benzene rings is 2. The average molecular weight is 349 g/mol. The molecular weight excluding hydrogens is 328 g/mol. The van der Waals surface area contributed by atoms with Crippen LogP contribution in [-0.2, 0) is 6.42 Å². The quantitative estimate of drug-likeness (QED) is 0.720. The maximum absolute atomic E-state index is 11.8. The molecule has 0 saturated heterocycles. The number of aliphatic hydroxyl groups excluding tert-OH is 1. The minimum atomic E-state index is -0.776. The third-order valence-corrected chi connectivity index (χ3v) is 3.84. The van der Waals surface area contributed by atoms with Gasteiger partial charge in [0.05, 0.1) is 13.2 Å². The Kier molecular flexibility index (Phi) is 6.90. The van der Waals surface area contributed by atoms with Crippen LogP contribution in [0.15, 0.2) is 48.5 Å². The van der Waals surface area contributed by atoms with Crippen LogP contribution in [0.5, 0.6) is 5.75 Å². The summed E-state index contributed by atoms with van der Waals surface area (Å²) in [5.41, 5.74) is 1.73. The molecule has 0 unspecified atom stereocenters. The van der Waals surface area contributed by atoms with E-state index in [0.717, 1.165) is 11.3 Å². The zero-order chi connectivity index (χ0) is 17.4. The number of ether oxygens (including phenoxy) is 1. The van der Waals surface area contributed by atoms with E-state index in [1.165, 1.54) is 0 Å². The lowest BCUT2D eigenvalue weighted by Gasteiger charge is -2.13. The zero-order valence-corrected chi connectivity index (χ0v) is 14.2. The van der Waals surface area contributed by atoms with Crippen molar-refractivity contribution in [1.29, 1.82) is 0 Å². The van der Waals surface area contributed by atoms with Gasteiger partial charge in [-0.1, -0.05) is 41.9 Å². The number of rotatable bonds is 7. The first-order valence-electron chi connectivity index (χ1n) is 7.67. The van der Waals surface area contributed by atoms with Gasteiger partial charge in [-0.05, 0) is 35.7 Å². The van der Waals surface area contributed by atoms with Gasteiger partial charge in [0.15, 0.2) is 0 Å². The van der Waals surface area contributed by atoms with Crippen LogP contribution in [-0.4, -0.2) is 31.3 Å². The van der Waals surface area contributed by atoms with E-state index < -0.39 is 6.10 Å². The van der Waals surface area contributed by atoms with Gasteiger partial charge in [-0.15, -0.1) is 0 Å². The van der Waals surface area contributed by atoms with Gasteiger partial charge in [-0.25, -0.2) is 4.79 Å². The Hall–Kier alpha value is -2.24. The van der Waals surface area contributed by atoms with Crippen molar-refractivity contribution < 1.29 is 14.6 Å². The van der Waals surface area contributed by atoms with Gasteiger partial charge in [0.2, 0.25) is 0 Å². The summed E-state index contributed by atoms with van der Waals surface area (Å²) in [5, 5.41) is 16.0. The molecule has 0 aliphatic carbocycles. The lowest BCUT2D eigenvalue weighted by Crippen LogP contribution is -2.38. The minimum absolute atomic E-state index is 0.127. The summed E-state index contributed by atoms with van der Waals surface area (Å²) in [6.07, 6.45) is -0.112. The summed E-state index contributed by atoms with van der Waals surface area (Å²) < 4.78 is 5.27. The molecule has 0 bridgehead atoms. The zero-order valence-electron chi connectivity index (χ0n) is 13.5. The fourth-order valence-corrected chi connectivity index (χ4v) is 2.40. The van der Waals surface area contributed by atoms with Crippen LogP contribution in [0.4, 0.5) is 4.79 Å². The molecule has 0 aliphatic heterocycles. The molecule has 0 spiro atoms. The monoisotopic (exact) mass is 348 g/mol. The van der Waals surface area contributed by atoms with E-state index >= 15 is 0 Å². The summed E-state index contributed by atoms with van der Waals surface area (Å²) in [6.45, 7) is 0.603. The van der Waals surface area contributed by atoms with Crippen molar-refractivity contribution in [2.45, 2.75) is 12.5 Å². The first-order chi connectivity index (χ1) is 11.6. The lowest BCUT2D eigenvalue weighted by molar-refractivity contribution is 0.173. The van der Waals surface area contributed by atoms with Crippen LogP contribution >= 0.6 is 11.6 Å². The molecule has 128 valence electrons. The Labute approximate surface area is 146 Å². The average Bonchev–Trinajstić information content (AvgIpc) is 2.60. The number of aliphatic hydroxyl groups is 1. The van der Waals surface area contributed by atoms with Crippen molar-refractivity contribution in [3.63, 3.8) is 0 Å². The molecule has 0 heterocycles. The van der Waals surface area contributed by atoms with Crippen molar-refractivity contribution >= 4 is 17.6 Å². The van der Waals surface area contributed by atoms with Crippen LogP contribution in [0.2, 0.25) is 5.02 Å². The number of carbonyl (C=O) groups excluding carboxylic acids is 1. The SMILES string of the molecule is COc1ccccc1CCNC(=O)NC[C@H](O)c1ccc(Cl)cc1. The molecule has 2 rings (SSSR count). The molecule has 6 heteroatoms. The second-order valence-electron chi connectivity index (χ2n) is 5.27. The van der Waals surface area contributed by atoms with Crippen molar-refractivity contribution in [2.24, 2.45) is 0 Å². The van der Waals surface area contributed by atoms with E-state index in [0.29, 0.717) is 23.6 Å². The second-order valence-corrected chi connectivity index (χ2v) is 5.70. The number of hydrogen-bond donors (Lipinski definition) is 3. The molecule has 2 aromatic carbocycles. The number of halogens is 1. The maximum Gasteiger partial charge on any atom is 0.314 e. The maximum atomic E-state index is 11.8. The molecule has 2 aromatic rings. The highest BCUT2D eigenvalue weighted by Gasteiger charge is 2.09. The van der Waals surface area contributed by atoms with E-state index in [-0.39, 0.29) is 12.6 Å². The fraction of sp³-hybridized carbons (Fsp3) is 0.278. The van der Waals surface area contributed by atoms with Crippen molar-refractivity contribution in [3.05, 3.63) is 64.7 Å². The number of methoxy groups -OCH3 is 1. The third-order valence-electron chi connectivity index (χ3n) is 3.58. The van der Waals surface area contributed by atoms with E-state index in [9.17, 15) is 9.90 Å². The van der Waals surface area contributed by atoms with Crippen molar-refractivity contribution in [1.82, 2.24) is 10.6 Å². The van der Waals surface area contributed by atoms with E-state index in [2.05, 4.69) is 10.6 Å². The fourth-order valence-electron chi connectivity index (χ4n) is 2.27. The molecule has 5 nitrogen and oxygen atoms in total. The van der Waals surface area contributed by atoms with Gasteiger partial charge >= 0.3 is 6.03 Å². The second kappa shape index (κ2) is 9.15.